The SMILES string of the molecule is CCN(CC)CC(c1cccc(Cl)c1)N1CCNCC1C. The van der Waals surface area contributed by atoms with Crippen LogP contribution < -0.4 is 5.32 Å². The Morgan fingerprint density at radius 2 is 2.14 bits per heavy atom. The molecular weight excluding hydrogens is 282 g/mol. The summed E-state index contributed by atoms with van der Waals surface area (Å²) >= 11 is 6.22. The van der Waals surface area contributed by atoms with Crippen molar-refractivity contribution in [2.75, 3.05) is 39.3 Å². The molecule has 118 valence electrons. The zero-order valence-corrected chi connectivity index (χ0v) is 14.2. The van der Waals surface area contributed by atoms with Gasteiger partial charge in [0.2, 0.25) is 0 Å². The van der Waals surface area contributed by atoms with Crippen molar-refractivity contribution in [1.29, 1.82) is 0 Å². The molecule has 0 spiro atoms. The molecule has 0 bridgehead atoms. The van der Waals surface area contributed by atoms with Gasteiger partial charge in [-0.1, -0.05) is 37.6 Å². The van der Waals surface area contributed by atoms with Crippen molar-refractivity contribution in [2.24, 2.45) is 0 Å². The molecule has 1 aromatic carbocycles. The lowest BCUT2D eigenvalue weighted by Gasteiger charge is -2.42. The Labute approximate surface area is 134 Å². The minimum absolute atomic E-state index is 0.417. The fraction of sp³-hybridized carbons (Fsp3) is 0.647. The van der Waals surface area contributed by atoms with E-state index in [1.165, 1.54) is 5.56 Å². The molecule has 2 unspecified atom stereocenters. The van der Waals surface area contributed by atoms with E-state index in [0.29, 0.717) is 12.1 Å². The topological polar surface area (TPSA) is 18.5 Å². The Kier molecular flexibility index (Phi) is 6.49. The van der Waals surface area contributed by atoms with Gasteiger partial charge in [0.15, 0.2) is 0 Å². The summed E-state index contributed by atoms with van der Waals surface area (Å²) in [6, 6.07) is 9.35. The van der Waals surface area contributed by atoms with Crippen LogP contribution in [-0.2, 0) is 0 Å². The molecule has 0 aliphatic carbocycles. The summed E-state index contributed by atoms with van der Waals surface area (Å²) in [4.78, 5) is 5.13. The molecule has 0 radical (unpaired) electrons. The Morgan fingerprint density at radius 1 is 1.38 bits per heavy atom. The average molecular weight is 310 g/mol. The van der Waals surface area contributed by atoms with Crippen molar-refractivity contribution in [2.45, 2.75) is 32.9 Å². The lowest BCUT2D eigenvalue weighted by Crippen LogP contribution is -2.53. The van der Waals surface area contributed by atoms with Crippen molar-refractivity contribution < 1.29 is 0 Å². The number of hydrogen-bond acceptors (Lipinski definition) is 3. The molecule has 4 heteroatoms. The van der Waals surface area contributed by atoms with Gasteiger partial charge in [0.1, 0.15) is 0 Å². The van der Waals surface area contributed by atoms with Gasteiger partial charge < -0.3 is 10.2 Å². The minimum atomic E-state index is 0.417. The molecule has 1 aliphatic rings. The van der Waals surface area contributed by atoms with Crippen molar-refractivity contribution in [3.8, 4) is 0 Å². The molecule has 1 aromatic rings. The van der Waals surface area contributed by atoms with Crippen LogP contribution >= 0.6 is 11.6 Å². The quantitative estimate of drug-likeness (QED) is 0.871. The molecular formula is C17H28ClN3. The highest BCUT2D eigenvalue weighted by atomic mass is 35.5. The first-order valence-electron chi connectivity index (χ1n) is 8.10. The Hall–Kier alpha value is -0.610. The van der Waals surface area contributed by atoms with Crippen molar-refractivity contribution in [3.63, 3.8) is 0 Å². The summed E-state index contributed by atoms with van der Waals surface area (Å²) in [6.45, 7) is 13.3. The first kappa shape index (κ1) is 16.8. The van der Waals surface area contributed by atoms with Crippen LogP contribution in [0, 0.1) is 0 Å². The number of benzene rings is 1. The van der Waals surface area contributed by atoms with E-state index in [0.717, 1.165) is 44.3 Å². The fourth-order valence-corrected chi connectivity index (χ4v) is 3.36. The minimum Gasteiger partial charge on any atom is -0.314 e. The first-order chi connectivity index (χ1) is 10.2. The van der Waals surface area contributed by atoms with Crippen molar-refractivity contribution in [3.05, 3.63) is 34.9 Å². The molecule has 1 N–H and O–H groups in total. The van der Waals surface area contributed by atoms with Gasteiger partial charge in [-0.15, -0.1) is 0 Å². The van der Waals surface area contributed by atoms with Gasteiger partial charge in [0.25, 0.3) is 0 Å². The second-order valence-corrected chi connectivity index (χ2v) is 6.28. The number of likely N-dealkylation sites (N-methyl/N-ethyl adjacent to an activating group) is 1. The lowest BCUT2D eigenvalue weighted by molar-refractivity contribution is 0.0871. The van der Waals surface area contributed by atoms with E-state index in [4.69, 9.17) is 11.6 Å². The van der Waals surface area contributed by atoms with Gasteiger partial charge in [-0.2, -0.15) is 0 Å². The van der Waals surface area contributed by atoms with Crippen molar-refractivity contribution in [1.82, 2.24) is 15.1 Å². The zero-order chi connectivity index (χ0) is 15.2. The molecule has 1 fully saturated rings. The Bertz CT molecular complexity index is 434. The zero-order valence-electron chi connectivity index (χ0n) is 13.5. The standard InChI is InChI=1S/C17H28ClN3/c1-4-20(5-2)13-17(15-7-6-8-16(18)11-15)21-10-9-19-12-14(21)3/h6-8,11,14,17,19H,4-5,9-10,12-13H2,1-3H3. The number of hydrogen-bond donors (Lipinski definition) is 1. The molecule has 1 saturated heterocycles. The second-order valence-electron chi connectivity index (χ2n) is 5.85. The smallest absolute Gasteiger partial charge is 0.0479 e. The summed E-state index contributed by atoms with van der Waals surface area (Å²) in [5.74, 6) is 0. The van der Waals surface area contributed by atoms with Gasteiger partial charge >= 0.3 is 0 Å². The summed E-state index contributed by atoms with van der Waals surface area (Å²) in [5.41, 5.74) is 1.34. The number of rotatable bonds is 6. The van der Waals surface area contributed by atoms with Crippen LogP contribution in [0.4, 0.5) is 0 Å². The van der Waals surface area contributed by atoms with Crippen LogP contribution in [0.5, 0.6) is 0 Å². The van der Waals surface area contributed by atoms with Gasteiger partial charge in [-0.3, -0.25) is 4.90 Å². The van der Waals surface area contributed by atoms with Crippen LogP contribution in [0.3, 0.4) is 0 Å². The molecule has 2 atom stereocenters. The molecule has 0 aromatic heterocycles. The van der Waals surface area contributed by atoms with Crippen LogP contribution in [0.2, 0.25) is 5.02 Å². The average Bonchev–Trinajstić information content (AvgIpc) is 2.50. The third kappa shape index (κ3) is 4.43. The highest BCUT2D eigenvalue weighted by molar-refractivity contribution is 6.30. The van der Waals surface area contributed by atoms with Crippen molar-refractivity contribution >= 4 is 11.6 Å². The monoisotopic (exact) mass is 309 g/mol. The highest BCUT2D eigenvalue weighted by Gasteiger charge is 2.28. The third-order valence-corrected chi connectivity index (χ3v) is 4.75. The summed E-state index contributed by atoms with van der Waals surface area (Å²) < 4.78 is 0. The van der Waals surface area contributed by atoms with E-state index >= 15 is 0 Å². The third-order valence-electron chi connectivity index (χ3n) is 4.51. The summed E-state index contributed by atoms with van der Waals surface area (Å²) in [5, 5.41) is 4.32. The number of nitrogens with zero attached hydrogens (tertiary/aromatic N) is 2. The first-order valence-corrected chi connectivity index (χ1v) is 8.47. The number of nitrogens with one attached hydrogen (secondary N) is 1. The van der Waals surface area contributed by atoms with E-state index in [2.05, 4.69) is 54.1 Å². The van der Waals surface area contributed by atoms with Crippen LogP contribution in [0.25, 0.3) is 0 Å². The normalized spacial score (nSPS) is 21.7. The van der Waals surface area contributed by atoms with E-state index in [1.54, 1.807) is 0 Å². The van der Waals surface area contributed by atoms with E-state index in [9.17, 15) is 0 Å². The molecule has 0 amide bonds. The predicted molar refractivity (Wildman–Crippen MR) is 91.0 cm³/mol. The molecule has 1 heterocycles. The maximum Gasteiger partial charge on any atom is 0.0479 e. The van der Waals surface area contributed by atoms with Gasteiger partial charge in [-0.25, -0.2) is 0 Å². The highest BCUT2D eigenvalue weighted by Crippen LogP contribution is 2.27. The number of piperazine rings is 1. The molecule has 1 aliphatic heterocycles. The van der Waals surface area contributed by atoms with Crippen LogP contribution in [0.15, 0.2) is 24.3 Å². The maximum absolute atomic E-state index is 6.22. The van der Waals surface area contributed by atoms with Gasteiger partial charge in [0.05, 0.1) is 0 Å². The molecule has 0 saturated carbocycles. The Balaban J connectivity index is 2.24. The van der Waals surface area contributed by atoms with Gasteiger partial charge in [-0.05, 0) is 37.7 Å². The molecule has 21 heavy (non-hydrogen) atoms. The fourth-order valence-electron chi connectivity index (χ4n) is 3.16. The molecule has 3 nitrogen and oxygen atoms in total. The lowest BCUT2D eigenvalue weighted by atomic mass is 10.0. The Morgan fingerprint density at radius 3 is 2.76 bits per heavy atom. The molecule has 2 rings (SSSR count). The van der Waals surface area contributed by atoms with Crippen LogP contribution in [0.1, 0.15) is 32.4 Å². The summed E-state index contributed by atoms with van der Waals surface area (Å²) in [7, 11) is 0. The van der Waals surface area contributed by atoms with E-state index in [-0.39, 0.29) is 0 Å². The number of halogens is 1. The summed E-state index contributed by atoms with van der Waals surface area (Å²) in [6.07, 6.45) is 0. The maximum atomic E-state index is 6.22. The van der Waals surface area contributed by atoms with E-state index < -0.39 is 0 Å². The van der Waals surface area contributed by atoms with Crippen LogP contribution in [-0.4, -0.2) is 55.1 Å². The van der Waals surface area contributed by atoms with E-state index in [1.807, 2.05) is 6.07 Å². The predicted octanol–water partition coefficient (Wildman–Crippen LogP) is 3.02. The largest absolute Gasteiger partial charge is 0.314 e. The second kappa shape index (κ2) is 8.14. The van der Waals surface area contributed by atoms with Gasteiger partial charge in [0, 0.05) is 43.3 Å².